The van der Waals surface area contributed by atoms with E-state index in [-0.39, 0.29) is 25.6 Å². The Morgan fingerprint density at radius 3 is 2.58 bits per heavy atom. The van der Waals surface area contributed by atoms with E-state index in [1.165, 1.54) is 18.1 Å². The Bertz CT molecular complexity index is 455. The normalized spacial score (nSPS) is 10.3. The third-order valence-electron chi connectivity index (χ3n) is 2.47. The topological polar surface area (TPSA) is 66.8 Å². The Labute approximate surface area is 116 Å². The first-order valence-electron chi connectivity index (χ1n) is 5.71. The smallest absolute Gasteiger partial charge is 0.323 e. The molecule has 0 aliphatic carbocycles. The molecule has 0 saturated heterocycles. The van der Waals surface area contributed by atoms with Crippen LogP contribution < -0.4 is 0 Å². The molecular formula is C13H16ClNO4. The summed E-state index contributed by atoms with van der Waals surface area (Å²) in [4.78, 5) is 24.2. The molecule has 6 heteroatoms. The number of carbonyl (C=O) groups excluding carboxylic acids is 1. The van der Waals surface area contributed by atoms with Gasteiger partial charge in [0.2, 0.25) is 0 Å². The molecule has 0 radical (unpaired) electrons. The van der Waals surface area contributed by atoms with Crippen LogP contribution in [0.25, 0.3) is 0 Å². The summed E-state index contributed by atoms with van der Waals surface area (Å²) in [6.45, 7) is 1.94. The lowest BCUT2D eigenvalue weighted by Crippen LogP contribution is -2.38. The highest BCUT2D eigenvalue weighted by Gasteiger charge is 2.18. The lowest BCUT2D eigenvalue weighted by atomic mass is 10.1. The zero-order valence-corrected chi connectivity index (χ0v) is 11.6. The number of hydrogen-bond donors (Lipinski definition) is 1. The van der Waals surface area contributed by atoms with Gasteiger partial charge in [0, 0.05) is 24.2 Å². The molecule has 5 nitrogen and oxygen atoms in total. The highest BCUT2D eigenvalue weighted by molar-refractivity contribution is 6.31. The number of methoxy groups -OCH3 is 1. The molecule has 0 fully saturated rings. The van der Waals surface area contributed by atoms with Crippen LogP contribution in [-0.2, 0) is 9.53 Å². The first-order chi connectivity index (χ1) is 8.93. The van der Waals surface area contributed by atoms with Crippen LogP contribution in [0.4, 0.5) is 0 Å². The van der Waals surface area contributed by atoms with Gasteiger partial charge in [0.05, 0.1) is 6.61 Å². The van der Waals surface area contributed by atoms with Crippen LogP contribution in [0.15, 0.2) is 18.2 Å². The van der Waals surface area contributed by atoms with Gasteiger partial charge in [0.15, 0.2) is 0 Å². The van der Waals surface area contributed by atoms with Gasteiger partial charge in [-0.05, 0) is 30.7 Å². The number of ether oxygens (including phenoxy) is 1. The van der Waals surface area contributed by atoms with Crippen molar-refractivity contribution in [1.82, 2.24) is 4.90 Å². The Morgan fingerprint density at radius 1 is 1.37 bits per heavy atom. The van der Waals surface area contributed by atoms with Crippen LogP contribution in [-0.4, -0.2) is 48.7 Å². The molecule has 0 saturated carbocycles. The lowest BCUT2D eigenvalue weighted by Gasteiger charge is -2.20. The quantitative estimate of drug-likeness (QED) is 0.866. The first kappa shape index (κ1) is 15.5. The van der Waals surface area contributed by atoms with Gasteiger partial charge in [0.25, 0.3) is 5.91 Å². The molecule has 0 aromatic heterocycles. The van der Waals surface area contributed by atoms with E-state index in [1.54, 1.807) is 12.1 Å². The van der Waals surface area contributed by atoms with E-state index in [4.69, 9.17) is 21.4 Å². The van der Waals surface area contributed by atoms with E-state index in [0.717, 1.165) is 5.56 Å². The van der Waals surface area contributed by atoms with Crippen molar-refractivity contribution in [2.24, 2.45) is 0 Å². The zero-order chi connectivity index (χ0) is 14.4. The van der Waals surface area contributed by atoms with Crippen molar-refractivity contribution in [3.63, 3.8) is 0 Å². The average molecular weight is 286 g/mol. The van der Waals surface area contributed by atoms with Gasteiger partial charge in [-0.2, -0.15) is 0 Å². The molecule has 0 spiro atoms. The number of rotatable bonds is 6. The number of nitrogens with zero attached hydrogens (tertiary/aromatic N) is 1. The third kappa shape index (κ3) is 4.89. The second-order valence-corrected chi connectivity index (χ2v) is 4.57. The standard InChI is InChI=1S/C13H16ClNO4/c1-9-5-10(7-11(14)6-9)13(18)15(3-4-19-2)8-12(16)17/h5-7H,3-4,8H2,1-2H3,(H,16,17). The van der Waals surface area contributed by atoms with Gasteiger partial charge in [-0.25, -0.2) is 0 Å². The van der Waals surface area contributed by atoms with Crippen molar-refractivity contribution in [2.75, 3.05) is 26.8 Å². The van der Waals surface area contributed by atoms with Gasteiger partial charge >= 0.3 is 5.97 Å². The molecule has 1 amide bonds. The highest BCUT2D eigenvalue weighted by atomic mass is 35.5. The summed E-state index contributed by atoms with van der Waals surface area (Å²) in [5.74, 6) is -1.44. The summed E-state index contributed by atoms with van der Waals surface area (Å²) in [6, 6.07) is 4.93. The molecular weight excluding hydrogens is 270 g/mol. The summed E-state index contributed by atoms with van der Waals surface area (Å²) in [6.07, 6.45) is 0. The average Bonchev–Trinajstić information content (AvgIpc) is 2.32. The number of benzene rings is 1. The second-order valence-electron chi connectivity index (χ2n) is 4.13. The van der Waals surface area contributed by atoms with Gasteiger partial charge in [-0.3, -0.25) is 9.59 Å². The summed E-state index contributed by atoms with van der Waals surface area (Å²) < 4.78 is 4.87. The molecule has 1 aromatic rings. The molecule has 0 unspecified atom stereocenters. The highest BCUT2D eigenvalue weighted by Crippen LogP contribution is 2.16. The third-order valence-corrected chi connectivity index (χ3v) is 2.69. The van der Waals surface area contributed by atoms with Crippen molar-refractivity contribution < 1.29 is 19.4 Å². The predicted octanol–water partition coefficient (Wildman–Crippen LogP) is 1.82. The summed E-state index contributed by atoms with van der Waals surface area (Å²) in [5, 5.41) is 9.28. The fourth-order valence-corrected chi connectivity index (χ4v) is 1.95. The van der Waals surface area contributed by atoms with Crippen LogP contribution in [0.2, 0.25) is 5.02 Å². The van der Waals surface area contributed by atoms with E-state index in [9.17, 15) is 9.59 Å². The van der Waals surface area contributed by atoms with Crippen LogP contribution in [0, 0.1) is 6.92 Å². The SMILES string of the molecule is COCCN(CC(=O)O)C(=O)c1cc(C)cc(Cl)c1. The molecule has 19 heavy (non-hydrogen) atoms. The maximum absolute atomic E-state index is 12.2. The van der Waals surface area contributed by atoms with Crippen LogP contribution >= 0.6 is 11.6 Å². The largest absolute Gasteiger partial charge is 0.480 e. The Morgan fingerprint density at radius 2 is 2.05 bits per heavy atom. The monoisotopic (exact) mass is 285 g/mol. The van der Waals surface area contributed by atoms with Crippen molar-refractivity contribution >= 4 is 23.5 Å². The van der Waals surface area contributed by atoms with Gasteiger partial charge in [-0.1, -0.05) is 11.6 Å². The summed E-state index contributed by atoms with van der Waals surface area (Å²) >= 11 is 5.90. The van der Waals surface area contributed by atoms with Crippen LogP contribution in [0.3, 0.4) is 0 Å². The Hall–Kier alpha value is -1.59. The number of carboxylic acid groups (broad SMARTS) is 1. The van der Waals surface area contributed by atoms with E-state index < -0.39 is 5.97 Å². The van der Waals surface area contributed by atoms with Crippen molar-refractivity contribution in [1.29, 1.82) is 0 Å². The molecule has 1 rings (SSSR count). The van der Waals surface area contributed by atoms with Gasteiger partial charge in [-0.15, -0.1) is 0 Å². The number of carbonyl (C=O) groups is 2. The fourth-order valence-electron chi connectivity index (χ4n) is 1.66. The number of amides is 1. The molecule has 1 aromatic carbocycles. The fraction of sp³-hybridized carbons (Fsp3) is 0.385. The van der Waals surface area contributed by atoms with E-state index in [2.05, 4.69) is 0 Å². The maximum Gasteiger partial charge on any atom is 0.323 e. The van der Waals surface area contributed by atoms with Crippen LogP contribution in [0.1, 0.15) is 15.9 Å². The zero-order valence-electron chi connectivity index (χ0n) is 10.9. The van der Waals surface area contributed by atoms with E-state index >= 15 is 0 Å². The molecule has 0 heterocycles. The van der Waals surface area contributed by atoms with Gasteiger partial charge < -0.3 is 14.7 Å². The van der Waals surface area contributed by atoms with Crippen molar-refractivity contribution in [2.45, 2.75) is 6.92 Å². The summed E-state index contributed by atoms with van der Waals surface area (Å²) in [5.41, 5.74) is 1.22. The summed E-state index contributed by atoms with van der Waals surface area (Å²) in [7, 11) is 1.49. The number of hydrogen-bond acceptors (Lipinski definition) is 3. The maximum atomic E-state index is 12.2. The second kappa shape index (κ2) is 7.11. The van der Waals surface area contributed by atoms with Gasteiger partial charge in [0.1, 0.15) is 6.54 Å². The molecule has 0 bridgehead atoms. The number of aryl methyl sites for hydroxylation is 1. The van der Waals surface area contributed by atoms with E-state index in [1.807, 2.05) is 6.92 Å². The van der Waals surface area contributed by atoms with Crippen molar-refractivity contribution in [3.8, 4) is 0 Å². The number of carboxylic acids is 1. The predicted molar refractivity (Wildman–Crippen MR) is 71.6 cm³/mol. The lowest BCUT2D eigenvalue weighted by molar-refractivity contribution is -0.137. The molecule has 0 aliphatic heterocycles. The Kier molecular flexibility index (Phi) is 5.79. The van der Waals surface area contributed by atoms with Crippen LogP contribution in [0.5, 0.6) is 0 Å². The molecule has 0 aliphatic rings. The number of aliphatic carboxylic acids is 1. The molecule has 0 atom stereocenters. The Balaban J connectivity index is 2.93. The minimum absolute atomic E-state index is 0.215. The molecule has 104 valence electrons. The van der Waals surface area contributed by atoms with E-state index in [0.29, 0.717) is 10.6 Å². The molecule has 1 N–H and O–H groups in total. The minimum atomic E-state index is -1.07. The first-order valence-corrected chi connectivity index (χ1v) is 6.09. The van der Waals surface area contributed by atoms with Crippen molar-refractivity contribution in [3.05, 3.63) is 34.3 Å². The minimum Gasteiger partial charge on any atom is -0.480 e. The number of halogens is 1.